The van der Waals surface area contributed by atoms with Crippen molar-refractivity contribution < 1.29 is 4.74 Å². The molecule has 2 aromatic carbocycles. The molecule has 1 N–H and O–H groups in total. The molecule has 0 bridgehead atoms. The molecule has 0 aromatic heterocycles. The second-order valence-electron chi connectivity index (χ2n) is 6.16. The molecule has 0 aliphatic carbocycles. The van der Waals surface area contributed by atoms with Crippen LogP contribution in [0.3, 0.4) is 0 Å². The molecule has 122 valence electrons. The number of ether oxygens (including phenoxy) is 1. The highest BCUT2D eigenvalue weighted by Gasteiger charge is 2.17. The Morgan fingerprint density at radius 3 is 2.78 bits per heavy atom. The van der Waals surface area contributed by atoms with Crippen LogP contribution in [0.5, 0.6) is 5.75 Å². The minimum absolute atomic E-state index is 0.426. The van der Waals surface area contributed by atoms with Gasteiger partial charge in [-0.25, -0.2) is 0 Å². The van der Waals surface area contributed by atoms with Crippen LogP contribution in [0.15, 0.2) is 54.6 Å². The molecule has 23 heavy (non-hydrogen) atoms. The molecule has 3 heteroatoms. The molecule has 0 saturated carbocycles. The number of nitrogens with one attached hydrogen (secondary N) is 1. The van der Waals surface area contributed by atoms with Gasteiger partial charge in [0.2, 0.25) is 0 Å². The van der Waals surface area contributed by atoms with Crippen LogP contribution in [0.1, 0.15) is 30.5 Å². The Kier molecular flexibility index (Phi) is 5.67. The Hall–Kier alpha value is -1.84. The fourth-order valence-electron chi connectivity index (χ4n) is 3.07. The number of nitrogens with zero attached hydrogens (tertiary/aromatic N) is 1. The average molecular weight is 310 g/mol. The third-order valence-electron chi connectivity index (χ3n) is 4.51. The summed E-state index contributed by atoms with van der Waals surface area (Å²) in [5, 5.41) is 3.47. The van der Waals surface area contributed by atoms with Gasteiger partial charge in [0.05, 0.1) is 0 Å². The fraction of sp³-hybridized carbons (Fsp3) is 0.400. The first-order chi connectivity index (χ1) is 11.3. The topological polar surface area (TPSA) is 24.5 Å². The van der Waals surface area contributed by atoms with E-state index in [0.717, 1.165) is 31.9 Å². The van der Waals surface area contributed by atoms with Gasteiger partial charge in [0.1, 0.15) is 12.4 Å². The van der Waals surface area contributed by atoms with Crippen molar-refractivity contribution in [3.8, 4) is 5.75 Å². The van der Waals surface area contributed by atoms with Gasteiger partial charge in [0.15, 0.2) is 0 Å². The summed E-state index contributed by atoms with van der Waals surface area (Å²) in [5.41, 5.74) is 2.53. The van der Waals surface area contributed by atoms with Gasteiger partial charge >= 0.3 is 0 Å². The molecule has 1 atom stereocenters. The van der Waals surface area contributed by atoms with Crippen LogP contribution < -0.4 is 10.1 Å². The Bertz CT molecular complexity index is 592. The molecule has 3 rings (SSSR count). The minimum atomic E-state index is 0.426. The third kappa shape index (κ3) is 4.57. The van der Waals surface area contributed by atoms with Crippen molar-refractivity contribution in [1.29, 1.82) is 0 Å². The van der Waals surface area contributed by atoms with Crippen molar-refractivity contribution in [3.05, 3.63) is 65.7 Å². The summed E-state index contributed by atoms with van der Waals surface area (Å²) in [6.45, 7) is 7.38. The number of hydrogen-bond donors (Lipinski definition) is 1. The van der Waals surface area contributed by atoms with Crippen molar-refractivity contribution >= 4 is 0 Å². The highest BCUT2D eigenvalue weighted by molar-refractivity contribution is 5.31. The van der Waals surface area contributed by atoms with Crippen LogP contribution >= 0.6 is 0 Å². The van der Waals surface area contributed by atoms with E-state index < -0.39 is 0 Å². The summed E-state index contributed by atoms with van der Waals surface area (Å²) in [6.07, 6.45) is 1.22. The van der Waals surface area contributed by atoms with E-state index in [0.29, 0.717) is 12.6 Å². The second-order valence-corrected chi connectivity index (χ2v) is 6.16. The van der Waals surface area contributed by atoms with Crippen LogP contribution in [0.25, 0.3) is 0 Å². The molecule has 0 amide bonds. The molecule has 0 spiro atoms. The lowest BCUT2D eigenvalue weighted by atomic mass is 10.1. The predicted octanol–water partition coefficient (Wildman–Crippen LogP) is 3.62. The van der Waals surface area contributed by atoms with E-state index in [9.17, 15) is 0 Å². The highest BCUT2D eigenvalue weighted by Crippen LogP contribution is 2.25. The number of hydrogen-bond acceptors (Lipinski definition) is 3. The lowest BCUT2D eigenvalue weighted by Gasteiger charge is -2.27. The number of benzene rings is 2. The minimum Gasteiger partial charge on any atom is -0.489 e. The van der Waals surface area contributed by atoms with Crippen molar-refractivity contribution in [2.45, 2.75) is 26.0 Å². The summed E-state index contributed by atoms with van der Waals surface area (Å²) < 4.78 is 5.96. The van der Waals surface area contributed by atoms with Crippen molar-refractivity contribution in [2.75, 3.05) is 26.2 Å². The van der Waals surface area contributed by atoms with E-state index in [2.05, 4.69) is 47.5 Å². The zero-order chi connectivity index (χ0) is 15.9. The summed E-state index contributed by atoms with van der Waals surface area (Å²) in [6, 6.07) is 19.3. The van der Waals surface area contributed by atoms with Gasteiger partial charge in [-0.1, -0.05) is 42.5 Å². The Balaban J connectivity index is 1.64. The first kappa shape index (κ1) is 16.0. The zero-order valence-corrected chi connectivity index (χ0v) is 13.9. The van der Waals surface area contributed by atoms with Gasteiger partial charge in [0, 0.05) is 19.1 Å². The summed E-state index contributed by atoms with van der Waals surface area (Å²) in [7, 11) is 0. The van der Waals surface area contributed by atoms with E-state index in [-0.39, 0.29) is 0 Å². The van der Waals surface area contributed by atoms with Gasteiger partial charge in [-0.05, 0) is 49.7 Å². The van der Waals surface area contributed by atoms with Gasteiger partial charge in [-0.2, -0.15) is 0 Å². The Morgan fingerprint density at radius 1 is 1.04 bits per heavy atom. The van der Waals surface area contributed by atoms with E-state index in [1.807, 2.05) is 24.3 Å². The van der Waals surface area contributed by atoms with Crippen LogP contribution in [-0.2, 0) is 6.61 Å². The second kappa shape index (κ2) is 8.14. The normalized spacial score (nSPS) is 17.4. The molecule has 1 unspecified atom stereocenters. The summed E-state index contributed by atoms with van der Waals surface area (Å²) in [5.74, 6) is 0.950. The molecule has 3 nitrogen and oxygen atoms in total. The number of rotatable bonds is 5. The molecule has 2 aromatic rings. The van der Waals surface area contributed by atoms with Crippen molar-refractivity contribution in [3.63, 3.8) is 0 Å². The van der Waals surface area contributed by atoms with Gasteiger partial charge < -0.3 is 10.1 Å². The molecule has 0 radical (unpaired) electrons. The standard InChI is InChI=1S/C20H26N2O/c1-17(22-13-6-11-21-12-14-22)19-9-5-10-20(15-19)23-16-18-7-3-2-4-8-18/h2-5,7-10,15,17,21H,6,11-14,16H2,1H3. The van der Waals surface area contributed by atoms with Gasteiger partial charge in [0.25, 0.3) is 0 Å². The fourth-order valence-corrected chi connectivity index (χ4v) is 3.07. The van der Waals surface area contributed by atoms with E-state index >= 15 is 0 Å². The van der Waals surface area contributed by atoms with Crippen LogP contribution in [-0.4, -0.2) is 31.1 Å². The van der Waals surface area contributed by atoms with Crippen molar-refractivity contribution in [1.82, 2.24) is 10.2 Å². The van der Waals surface area contributed by atoms with E-state index in [4.69, 9.17) is 4.74 Å². The monoisotopic (exact) mass is 310 g/mol. The molecular formula is C20H26N2O. The van der Waals surface area contributed by atoms with Crippen LogP contribution in [0, 0.1) is 0 Å². The maximum absolute atomic E-state index is 5.96. The maximum atomic E-state index is 5.96. The highest BCUT2D eigenvalue weighted by atomic mass is 16.5. The first-order valence-corrected chi connectivity index (χ1v) is 8.54. The van der Waals surface area contributed by atoms with Gasteiger partial charge in [-0.3, -0.25) is 4.90 Å². The summed E-state index contributed by atoms with van der Waals surface area (Å²) >= 11 is 0. The Labute approximate surface area is 139 Å². The molecule has 1 saturated heterocycles. The molecule has 1 fully saturated rings. The largest absolute Gasteiger partial charge is 0.489 e. The maximum Gasteiger partial charge on any atom is 0.120 e. The molecule has 1 heterocycles. The molecule has 1 aliphatic heterocycles. The summed E-state index contributed by atoms with van der Waals surface area (Å²) in [4.78, 5) is 2.55. The van der Waals surface area contributed by atoms with E-state index in [1.165, 1.54) is 17.5 Å². The smallest absolute Gasteiger partial charge is 0.120 e. The molecular weight excluding hydrogens is 284 g/mol. The Morgan fingerprint density at radius 2 is 1.91 bits per heavy atom. The van der Waals surface area contributed by atoms with Gasteiger partial charge in [-0.15, -0.1) is 0 Å². The van der Waals surface area contributed by atoms with E-state index in [1.54, 1.807) is 0 Å². The predicted molar refractivity (Wildman–Crippen MR) is 94.7 cm³/mol. The molecule has 1 aliphatic rings. The third-order valence-corrected chi connectivity index (χ3v) is 4.51. The van der Waals surface area contributed by atoms with Crippen LogP contribution in [0.2, 0.25) is 0 Å². The lowest BCUT2D eigenvalue weighted by molar-refractivity contribution is 0.224. The first-order valence-electron chi connectivity index (χ1n) is 8.54. The zero-order valence-electron chi connectivity index (χ0n) is 13.9. The lowest BCUT2D eigenvalue weighted by Crippen LogP contribution is -2.30. The average Bonchev–Trinajstić information content (AvgIpc) is 2.90. The quantitative estimate of drug-likeness (QED) is 0.913. The van der Waals surface area contributed by atoms with Crippen LogP contribution in [0.4, 0.5) is 0 Å². The SMILES string of the molecule is CC(c1cccc(OCc2ccccc2)c1)N1CCCNCC1. The van der Waals surface area contributed by atoms with Crippen molar-refractivity contribution in [2.24, 2.45) is 0 Å².